The summed E-state index contributed by atoms with van der Waals surface area (Å²) in [4.78, 5) is 25.6. The van der Waals surface area contributed by atoms with Gasteiger partial charge in [0, 0.05) is 32.1 Å². The fraction of sp³-hybridized carbons (Fsp3) is 0.300. The summed E-state index contributed by atoms with van der Waals surface area (Å²) in [6.45, 7) is 6.01. The Bertz CT molecular complexity index is 737. The Hall–Kier alpha value is -2.69. The van der Waals surface area contributed by atoms with E-state index in [1.165, 1.54) is 19.1 Å². The van der Waals surface area contributed by atoms with Gasteiger partial charge >= 0.3 is 0 Å². The van der Waals surface area contributed by atoms with Crippen molar-refractivity contribution in [3.63, 3.8) is 0 Å². The predicted octanol–water partition coefficient (Wildman–Crippen LogP) is 3.82. The zero-order valence-corrected chi connectivity index (χ0v) is 14.8. The monoisotopic (exact) mass is 342 g/mol. The number of nitrogens with one attached hydrogen (secondary N) is 1. The second kappa shape index (κ2) is 8.42. The molecular weight excluding hydrogens is 319 g/mol. The second-order valence-electron chi connectivity index (χ2n) is 6.13. The SMILES string of the molecule is CC(=O)N(CCC(=O)Nc1c(C)cccc1C)Cc1ccc(F)cc1. The first-order valence-electron chi connectivity index (χ1n) is 8.23. The summed E-state index contributed by atoms with van der Waals surface area (Å²) in [5.41, 5.74) is 3.65. The highest BCUT2D eigenvalue weighted by Gasteiger charge is 2.13. The minimum absolute atomic E-state index is 0.121. The van der Waals surface area contributed by atoms with Gasteiger partial charge in [-0.1, -0.05) is 30.3 Å². The van der Waals surface area contributed by atoms with Gasteiger partial charge in [0.25, 0.3) is 0 Å². The maximum Gasteiger partial charge on any atom is 0.226 e. The smallest absolute Gasteiger partial charge is 0.226 e. The lowest BCUT2D eigenvalue weighted by Crippen LogP contribution is -2.31. The summed E-state index contributed by atoms with van der Waals surface area (Å²) < 4.78 is 13.0. The maximum atomic E-state index is 13.0. The van der Waals surface area contributed by atoms with Crippen LogP contribution in [-0.4, -0.2) is 23.3 Å². The third-order valence-electron chi connectivity index (χ3n) is 4.09. The lowest BCUT2D eigenvalue weighted by atomic mass is 10.1. The summed E-state index contributed by atoms with van der Waals surface area (Å²) in [5.74, 6) is -0.571. The molecule has 0 radical (unpaired) electrons. The van der Waals surface area contributed by atoms with Crippen molar-refractivity contribution in [2.75, 3.05) is 11.9 Å². The van der Waals surface area contributed by atoms with Crippen LogP contribution in [0.25, 0.3) is 0 Å². The topological polar surface area (TPSA) is 49.4 Å². The maximum absolute atomic E-state index is 13.0. The van der Waals surface area contributed by atoms with E-state index in [2.05, 4.69) is 5.32 Å². The van der Waals surface area contributed by atoms with E-state index in [0.717, 1.165) is 22.4 Å². The number of hydrogen-bond donors (Lipinski definition) is 1. The van der Waals surface area contributed by atoms with Gasteiger partial charge in [-0.25, -0.2) is 4.39 Å². The predicted molar refractivity (Wildman–Crippen MR) is 96.7 cm³/mol. The van der Waals surface area contributed by atoms with Crippen LogP contribution in [0.4, 0.5) is 10.1 Å². The van der Waals surface area contributed by atoms with E-state index in [1.807, 2.05) is 32.0 Å². The molecule has 5 heteroatoms. The van der Waals surface area contributed by atoms with Crippen molar-refractivity contribution < 1.29 is 14.0 Å². The largest absolute Gasteiger partial charge is 0.338 e. The average Bonchev–Trinajstić information content (AvgIpc) is 2.56. The van der Waals surface area contributed by atoms with Crippen molar-refractivity contribution in [2.45, 2.75) is 33.7 Å². The number of halogens is 1. The number of aryl methyl sites for hydroxylation is 2. The van der Waals surface area contributed by atoms with Crippen LogP contribution in [0.3, 0.4) is 0 Å². The van der Waals surface area contributed by atoms with E-state index in [4.69, 9.17) is 0 Å². The van der Waals surface area contributed by atoms with Crippen LogP contribution >= 0.6 is 0 Å². The second-order valence-corrected chi connectivity index (χ2v) is 6.13. The zero-order valence-electron chi connectivity index (χ0n) is 14.8. The molecule has 0 heterocycles. The highest BCUT2D eigenvalue weighted by atomic mass is 19.1. The Balaban J connectivity index is 1.95. The molecule has 0 aliphatic rings. The lowest BCUT2D eigenvalue weighted by Gasteiger charge is -2.21. The van der Waals surface area contributed by atoms with Crippen LogP contribution in [-0.2, 0) is 16.1 Å². The first kappa shape index (κ1) is 18.6. The van der Waals surface area contributed by atoms with E-state index in [-0.39, 0.29) is 24.1 Å². The molecular formula is C20H23FN2O2. The van der Waals surface area contributed by atoms with Crippen LogP contribution in [0.5, 0.6) is 0 Å². The van der Waals surface area contributed by atoms with Crippen LogP contribution in [0.1, 0.15) is 30.0 Å². The van der Waals surface area contributed by atoms with E-state index in [1.54, 1.807) is 17.0 Å². The summed E-state index contributed by atoms with van der Waals surface area (Å²) >= 11 is 0. The Morgan fingerprint density at radius 2 is 1.64 bits per heavy atom. The molecule has 0 saturated heterocycles. The van der Waals surface area contributed by atoms with Crippen molar-refractivity contribution in [1.29, 1.82) is 0 Å². The van der Waals surface area contributed by atoms with E-state index < -0.39 is 0 Å². The number of para-hydroxylation sites is 1. The number of anilines is 1. The molecule has 4 nitrogen and oxygen atoms in total. The first-order chi connectivity index (χ1) is 11.9. The number of benzene rings is 2. The van der Waals surface area contributed by atoms with Crippen LogP contribution < -0.4 is 5.32 Å². The molecule has 2 aromatic rings. The third-order valence-corrected chi connectivity index (χ3v) is 4.09. The molecule has 25 heavy (non-hydrogen) atoms. The zero-order chi connectivity index (χ0) is 18.4. The Labute approximate surface area is 147 Å². The average molecular weight is 342 g/mol. The van der Waals surface area contributed by atoms with Crippen LogP contribution in [0.15, 0.2) is 42.5 Å². The third kappa shape index (κ3) is 5.41. The highest BCUT2D eigenvalue weighted by Crippen LogP contribution is 2.19. The van der Waals surface area contributed by atoms with Gasteiger partial charge in [0.1, 0.15) is 5.82 Å². The quantitative estimate of drug-likeness (QED) is 0.867. The van der Waals surface area contributed by atoms with Gasteiger partial charge in [0.05, 0.1) is 0 Å². The molecule has 0 spiro atoms. The summed E-state index contributed by atoms with van der Waals surface area (Å²) in [5, 5.41) is 2.92. The molecule has 0 bridgehead atoms. The number of hydrogen-bond acceptors (Lipinski definition) is 2. The Morgan fingerprint density at radius 1 is 1.04 bits per heavy atom. The molecule has 2 aromatic carbocycles. The Kier molecular flexibility index (Phi) is 6.28. The van der Waals surface area contributed by atoms with E-state index in [0.29, 0.717) is 13.1 Å². The minimum atomic E-state index is -0.314. The normalized spacial score (nSPS) is 10.4. The molecule has 1 N–H and O–H groups in total. The van der Waals surface area contributed by atoms with Gasteiger partial charge in [0.15, 0.2) is 0 Å². The summed E-state index contributed by atoms with van der Waals surface area (Å²) in [6, 6.07) is 11.8. The van der Waals surface area contributed by atoms with Gasteiger partial charge in [-0.3, -0.25) is 9.59 Å². The molecule has 0 unspecified atom stereocenters. The van der Waals surface area contributed by atoms with Gasteiger partial charge < -0.3 is 10.2 Å². The van der Waals surface area contributed by atoms with Crippen molar-refractivity contribution in [2.24, 2.45) is 0 Å². The fourth-order valence-corrected chi connectivity index (χ4v) is 2.61. The van der Waals surface area contributed by atoms with Gasteiger partial charge in [-0.05, 0) is 42.7 Å². The number of rotatable bonds is 6. The molecule has 2 rings (SSSR count). The van der Waals surface area contributed by atoms with Crippen molar-refractivity contribution in [3.8, 4) is 0 Å². The highest BCUT2D eigenvalue weighted by molar-refractivity contribution is 5.92. The van der Waals surface area contributed by atoms with Gasteiger partial charge in [-0.2, -0.15) is 0 Å². The summed E-state index contributed by atoms with van der Waals surface area (Å²) in [7, 11) is 0. The van der Waals surface area contributed by atoms with Gasteiger partial charge in [-0.15, -0.1) is 0 Å². The first-order valence-corrected chi connectivity index (χ1v) is 8.23. The number of nitrogens with zero attached hydrogens (tertiary/aromatic N) is 1. The molecule has 0 fully saturated rings. The molecule has 0 saturated carbocycles. The Morgan fingerprint density at radius 3 is 2.20 bits per heavy atom. The lowest BCUT2D eigenvalue weighted by molar-refractivity contribution is -0.129. The van der Waals surface area contributed by atoms with Crippen molar-refractivity contribution in [1.82, 2.24) is 4.90 Å². The number of carbonyl (C=O) groups excluding carboxylic acids is 2. The number of amides is 2. The minimum Gasteiger partial charge on any atom is -0.338 e. The molecule has 0 atom stereocenters. The molecule has 2 amide bonds. The van der Waals surface area contributed by atoms with Crippen molar-refractivity contribution >= 4 is 17.5 Å². The standard InChI is InChI=1S/C20H23FN2O2/c1-14-5-4-6-15(2)20(14)22-19(25)11-12-23(16(3)24)13-17-7-9-18(21)10-8-17/h4-10H,11-13H2,1-3H3,(H,22,25). The van der Waals surface area contributed by atoms with E-state index in [9.17, 15) is 14.0 Å². The van der Waals surface area contributed by atoms with Crippen molar-refractivity contribution in [3.05, 3.63) is 65.0 Å². The molecule has 0 aromatic heterocycles. The molecule has 0 aliphatic carbocycles. The summed E-state index contributed by atoms with van der Waals surface area (Å²) in [6.07, 6.45) is 0.203. The van der Waals surface area contributed by atoms with Crippen LogP contribution in [0.2, 0.25) is 0 Å². The van der Waals surface area contributed by atoms with Crippen LogP contribution in [0, 0.1) is 19.7 Å². The van der Waals surface area contributed by atoms with E-state index >= 15 is 0 Å². The molecule has 0 aliphatic heterocycles. The number of carbonyl (C=O) groups is 2. The molecule has 132 valence electrons. The fourth-order valence-electron chi connectivity index (χ4n) is 2.61. The van der Waals surface area contributed by atoms with Gasteiger partial charge in [0.2, 0.25) is 11.8 Å².